The fraction of sp³-hybridized carbons (Fsp3) is 0.538. The van der Waals surface area contributed by atoms with Crippen LogP contribution >= 0.6 is 12.4 Å². The smallest absolute Gasteiger partial charge is 0.338 e. The lowest BCUT2D eigenvalue weighted by Crippen LogP contribution is -2.57. The highest BCUT2D eigenvalue weighted by molar-refractivity contribution is 5.90. The van der Waals surface area contributed by atoms with Crippen molar-refractivity contribution in [2.24, 2.45) is 0 Å². The molecular formula is C13H20ClN3O2. The number of esters is 1. The molecule has 2 heterocycles. The van der Waals surface area contributed by atoms with E-state index in [1.165, 1.54) is 7.11 Å². The number of pyridine rings is 1. The lowest BCUT2D eigenvalue weighted by atomic mass is 10.0. The fourth-order valence-corrected chi connectivity index (χ4v) is 2.17. The Morgan fingerprint density at radius 3 is 2.89 bits per heavy atom. The number of methoxy groups -OCH3 is 1. The Balaban J connectivity index is 0.00000180. The van der Waals surface area contributed by atoms with Crippen molar-refractivity contribution in [1.29, 1.82) is 0 Å². The van der Waals surface area contributed by atoms with Crippen LogP contribution in [0.1, 0.15) is 24.2 Å². The van der Waals surface area contributed by atoms with Gasteiger partial charge in [-0.3, -0.25) is 0 Å². The van der Waals surface area contributed by atoms with E-state index in [1.807, 2.05) is 0 Å². The SMILES string of the molecule is COC(=O)c1ccnc(N2CCNC(C)(C)C2)c1.Cl. The Hall–Kier alpha value is -1.33. The van der Waals surface area contributed by atoms with Crippen LogP contribution in [0, 0.1) is 0 Å². The summed E-state index contributed by atoms with van der Waals surface area (Å²) in [5.41, 5.74) is 0.597. The maximum Gasteiger partial charge on any atom is 0.338 e. The van der Waals surface area contributed by atoms with Gasteiger partial charge in [-0.2, -0.15) is 0 Å². The Morgan fingerprint density at radius 2 is 2.26 bits per heavy atom. The van der Waals surface area contributed by atoms with E-state index < -0.39 is 0 Å². The zero-order valence-electron chi connectivity index (χ0n) is 11.5. The van der Waals surface area contributed by atoms with Gasteiger partial charge in [-0.25, -0.2) is 9.78 Å². The number of nitrogens with zero attached hydrogens (tertiary/aromatic N) is 2. The predicted octanol–water partition coefficient (Wildman–Crippen LogP) is 1.48. The number of carbonyl (C=O) groups excluding carboxylic acids is 1. The zero-order chi connectivity index (χ0) is 13.2. The molecule has 1 aliphatic rings. The highest BCUT2D eigenvalue weighted by atomic mass is 35.5. The second kappa shape index (κ2) is 6.21. The lowest BCUT2D eigenvalue weighted by Gasteiger charge is -2.39. The van der Waals surface area contributed by atoms with Crippen LogP contribution in [-0.4, -0.2) is 43.2 Å². The topological polar surface area (TPSA) is 54.5 Å². The van der Waals surface area contributed by atoms with Gasteiger partial charge in [-0.15, -0.1) is 12.4 Å². The van der Waals surface area contributed by atoms with Gasteiger partial charge in [-0.05, 0) is 26.0 Å². The van der Waals surface area contributed by atoms with E-state index in [-0.39, 0.29) is 23.9 Å². The molecule has 0 spiro atoms. The van der Waals surface area contributed by atoms with Crippen molar-refractivity contribution in [1.82, 2.24) is 10.3 Å². The van der Waals surface area contributed by atoms with E-state index >= 15 is 0 Å². The van der Waals surface area contributed by atoms with Crippen LogP contribution in [0.2, 0.25) is 0 Å². The van der Waals surface area contributed by atoms with Crippen molar-refractivity contribution in [3.63, 3.8) is 0 Å². The Kier molecular flexibility index (Phi) is 5.14. The van der Waals surface area contributed by atoms with Crippen LogP contribution in [0.15, 0.2) is 18.3 Å². The van der Waals surface area contributed by atoms with Gasteiger partial charge in [0.1, 0.15) is 5.82 Å². The number of halogens is 1. The molecule has 2 rings (SSSR count). The number of carbonyl (C=O) groups is 1. The highest BCUT2D eigenvalue weighted by Crippen LogP contribution is 2.18. The van der Waals surface area contributed by atoms with Crippen molar-refractivity contribution >= 4 is 24.2 Å². The van der Waals surface area contributed by atoms with Crippen molar-refractivity contribution in [2.45, 2.75) is 19.4 Å². The van der Waals surface area contributed by atoms with Crippen LogP contribution in [0.4, 0.5) is 5.82 Å². The van der Waals surface area contributed by atoms with Gasteiger partial charge in [0, 0.05) is 31.4 Å². The van der Waals surface area contributed by atoms with Gasteiger partial charge < -0.3 is 15.0 Å². The molecule has 19 heavy (non-hydrogen) atoms. The predicted molar refractivity (Wildman–Crippen MR) is 77.1 cm³/mol. The molecule has 1 aromatic heterocycles. The van der Waals surface area contributed by atoms with Crippen LogP contribution in [0.25, 0.3) is 0 Å². The summed E-state index contributed by atoms with van der Waals surface area (Å²) in [5, 5.41) is 3.45. The molecule has 5 nitrogen and oxygen atoms in total. The number of ether oxygens (including phenoxy) is 1. The minimum atomic E-state index is -0.326. The Labute approximate surface area is 119 Å². The maximum atomic E-state index is 11.5. The summed E-state index contributed by atoms with van der Waals surface area (Å²) in [6.45, 7) is 6.98. The van der Waals surface area contributed by atoms with Gasteiger partial charge in [0.2, 0.25) is 0 Å². The summed E-state index contributed by atoms with van der Waals surface area (Å²) in [6, 6.07) is 3.45. The first-order chi connectivity index (χ1) is 8.52. The number of hydrogen-bond acceptors (Lipinski definition) is 5. The zero-order valence-corrected chi connectivity index (χ0v) is 12.3. The molecule has 106 valence electrons. The molecule has 6 heteroatoms. The van der Waals surface area contributed by atoms with Crippen LogP contribution in [0.3, 0.4) is 0 Å². The summed E-state index contributed by atoms with van der Waals surface area (Å²) >= 11 is 0. The Bertz CT molecular complexity index is 451. The first-order valence-electron chi connectivity index (χ1n) is 6.06. The first-order valence-corrected chi connectivity index (χ1v) is 6.06. The van der Waals surface area contributed by atoms with Crippen molar-refractivity contribution in [3.05, 3.63) is 23.9 Å². The molecule has 1 N–H and O–H groups in total. The molecule has 0 atom stereocenters. The number of aromatic nitrogens is 1. The second-order valence-corrected chi connectivity index (χ2v) is 5.13. The van der Waals surface area contributed by atoms with Gasteiger partial charge in [0.25, 0.3) is 0 Å². The van der Waals surface area contributed by atoms with E-state index in [2.05, 4.69) is 29.0 Å². The third-order valence-corrected chi connectivity index (χ3v) is 3.06. The fourth-order valence-electron chi connectivity index (χ4n) is 2.17. The quantitative estimate of drug-likeness (QED) is 0.834. The molecule has 1 aliphatic heterocycles. The minimum Gasteiger partial charge on any atom is -0.465 e. The van der Waals surface area contributed by atoms with E-state index in [0.717, 1.165) is 25.5 Å². The standard InChI is InChI=1S/C13H19N3O2.ClH/c1-13(2)9-16(7-6-15-13)11-8-10(4-5-14-11)12(17)18-3;/h4-5,8,15H,6-7,9H2,1-3H3;1H. The summed E-state index contributed by atoms with van der Waals surface area (Å²) in [6.07, 6.45) is 1.65. The van der Waals surface area contributed by atoms with Crippen molar-refractivity contribution < 1.29 is 9.53 Å². The summed E-state index contributed by atoms with van der Waals surface area (Å²) in [5.74, 6) is 0.500. The largest absolute Gasteiger partial charge is 0.465 e. The van der Waals surface area contributed by atoms with Crippen LogP contribution in [-0.2, 0) is 4.74 Å². The number of rotatable bonds is 2. The molecule has 0 aliphatic carbocycles. The van der Waals surface area contributed by atoms with Crippen molar-refractivity contribution in [2.75, 3.05) is 31.6 Å². The van der Waals surface area contributed by atoms with E-state index in [0.29, 0.717) is 5.56 Å². The van der Waals surface area contributed by atoms with Crippen LogP contribution in [0.5, 0.6) is 0 Å². The lowest BCUT2D eigenvalue weighted by molar-refractivity contribution is 0.0600. The number of anilines is 1. The van der Waals surface area contributed by atoms with Crippen LogP contribution < -0.4 is 10.2 Å². The minimum absolute atomic E-state index is 0. The molecule has 0 aromatic carbocycles. The maximum absolute atomic E-state index is 11.5. The third-order valence-electron chi connectivity index (χ3n) is 3.06. The normalized spacial score (nSPS) is 17.5. The molecule has 0 unspecified atom stereocenters. The van der Waals surface area contributed by atoms with Gasteiger partial charge in [0.15, 0.2) is 0 Å². The molecule has 1 aromatic rings. The molecule has 0 amide bonds. The second-order valence-electron chi connectivity index (χ2n) is 5.13. The number of hydrogen-bond donors (Lipinski definition) is 1. The van der Waals surface area contributed by atoms with Gasteiger partial charge in [0.05, 0.1) is 12.7 Å². The van der Waals surface area contributed by atoms with Crippen molar-refractivity contribution in [3.8, 4) is 0 Å². The molecule has 1 fully saturated rings. The van der Waals surface area contributed by atoms with Gasteiger partial charge in [-0.1, -0.05) is 0 Å². The summed E-state index contributed by atoms with van der Waals surface area (Å²) in [7, 11) is 1.39. The molecule has 0 radical (unpaired) electrons. The summed E-state index contributed by atoms with van der Waals surface area (Å²) < 4.78 is 4.72. The van der Waals surface area contributed by atoms with E-state index in [4.69, 9.17) is 4.74 Å². The molecule has 0 saturated carbocycles. The molecule has 0 bridgehead atoms. The Morgan fingerprint density at radius 1 is 1.53 bits per heavy atom. The van der Waals surface area contributed by atoms with E-state index in [1.54, 1.807) is 18.3 Å². The highest BCUT2D eigenvalue weighted by Gasteiger charge is 2.26. The molecular weight excluding hydrogens is 266 g/mol. The monoisotopic (exact) mass is 285 g/mol. The average molecular weight is 286 g/mol. The number of nitrogens with one attached hydrogen (secondary N) is 1. The number of piperazine rings is 1. The molecule has 1 saturated heterocycles. The van der Waals surface area contributed by atoms with Gasteiger partial charge >= 0.3 is 5.97 Å². The first kappa shape index (κ1) is 15.7. The summed E-state index contributed by atoms with van der Waals surface area (Å²) in [4.78, 5) is 18.0. The average Bonchev–Trinajstić information content (AvgIpc) is 2.37. The van der Waals surface area contributed by atoms with E-state index in [9.17, 15) is 4.79 Å². The third kappa shape index (κ3) is 3.81.